The minimum absolute atomic E-state index is 0.196. The molecular formula is C33H48ClFN2O3. The molecule has 1 atom stereocenters. The Bertz CT molecular complexity index is 996. The van der Waals surface area contributed by atoms with Crippen LogP contribution in [0.1, 0.15) is 116 Å². The third-order valence-electron chi connectivity index (χ3n) is 7.83. The van der Waals surface area contributed by atoms with Crippen molar-refractivity contribution in [3.63, 3.8) is 0 Å². The second kappa shape index (κ2) is 18.3. The average Bonchev–Trinajstić information content (AvgIpc) is 2.97. The van der Waals surface area contributed by atoms with E-state index in [0.717, 1.165) is 44.1 Å². The lowest BCUT2D eigenvalue weighted by molar-refractivity contribution is -0.157. The number of aromatic nitrogens is 2. The molecule has 1 aromatic carbocycles. The first-order chi connectivity index (χ1) is 19.5. The van der Waals surface area contributed by atoms with Crippen LogP contribution in [0.4, 0.5) is 4.39 Å². The Morgan fingerprint density at radius 3 is 2.25 bits per heavy atom. The molecule has 0 bridgehead atoms. The predicted octanol–water partition coefficient (Wildman–Crippen LogP) is 9.49. The maximum Gasteiger partial charge on any atom is 0.340 e. The van der Waals surface area contributed by atoms with Crippen molar-refractivity contribution in [2.75, 3.05) is 6.61 Å². The molecule has 0 saturated heterocycles. The standard InChI is InChI=1S/C33H48ClFN2O3/c1-3-5-7-8-9-10-11-12-13-26-22-36-32(37-23-26)27-17-20-31(29(34)21-27)39-24-25-15-18-28(19-16-25)40-33(38)30(35)14-6-4-2/h17,20-23,25,28,30H,3-16,18-19,24H2,1-2H3/t25?,28?,30-/m0/s1. The van der Waals surface area contributed by atoms with Crippen LogP contribution in [-0.2, 0) is 16.0 Å². The molecule has 1 heterocycles. The highest BCUT2D eigenvalue weighted by atomic mass is 35.5. The highest BCUT2D eigenvalue weighted by molar-refractivity contribution is 6.32. The average molecular weight is 575 g/mol. The van der Waals surface area contributed by atoms with Crippen molar-refractivity contribution in [1.29, 1.82) is 0 Å². The summed E-state index contributed by atoms with van der Waals surface area (Å²) in [5, 5.41) is 0.535. The van der Waals surface area contributed by atoms with E-state index in [4.69, 9.17) is 21.1 Å². The lowest BCUT2D eigenvalue weighted by Crippen LogP contribution is -2.30. The Kier molecular flexibility index (Phi) is 14.8. The maximum atomic E-state index is 13.9. The Labute approximate surface area is 245 Å². The third kappa shape index (κ3) is 11.3. The van der Waals surface area contributed by atoms with Crippen molar-refractivity contribution in [2.24, 2.45) is 5.92 Å². The van der Waals surface area contributed by atoms with Crippen LogP contribution in [0, 0.1) is 5.92 Å². The fourth-order valence-electron chi connectivity index (χ4n) is 5.22. The zero-order valence-corrected chi connectivity index (χ0v) is 25.3. The van der Waals surface area contributed by atoms with Gasteiger partial charge in [0.15, 0.2) is 12.0 Å². The van der Waals surface area contributed by atoms with Crippen LogP contribution >= 0.6 is 11.6 Å². The van der Waals surface area contributed by atoms with Crippen LogP contribution in [0.2, 0.25) is 5.02 Å². The van der Waals surface area contributed by atoms with E-state index in [0.29, 0.717) is 35.5 Å². The molecule has 3 rings (SSSR count). The topological polar surface area (TPSA) is 61.3 Å². The number of hydrogen-bond acceptors (Lipinski definition) is 5. The smallest absolute Gasteiger partial charge is 0.340 e. The number of alkyl halides is 1. The van der Waals surface area contributed by atoms with Crippen LogP contribution in [0.5, 0.6) is 5.75 Å². The molecule has 5 nitrogen and oxygen atoms in total. The van der Waals surface area contributed by atoms with Gasteiger partial charge < -0.3 is 9.47 Å². The van der Waals surface area contributed by atoms with Crippen LogP contribution in [0.15, 0.2) is 30.6 Å². The summed E-state index contributed by atoms with van der Waals surface area (Å²) >= 11 is 6.54. The molecule has 0 amide bonds. The molecule has 222 valence electrons. The van der Waals surface area contributed by atoms with Crippen LogP contribution in [0.3, 0.4) is 0 Å². The Morgan fingerprint density at radius 2 is 1.60 bits per heavy atom. The molecule has 1 aliphatic rings. The SMILES string of the molecule is CCCCCCCCCCc1cnc(-c2ccc(OCC3CCC(OC(=O)[C@@H](F)CCCC)CC3)c(Cl)c2)nc1. The van der Waals surface area contributed by atoms with Crippen molar-refractivity contribution in [3.05, 3.63) is 41.2 Å². The highest BCUT2D eigenvalue weighted by Crippen LogP contribution is 2.32. The van der Waals surface area contributed by atoms with Gasteiger partial charge >= 0.3 is 5.97 Å². The van der Waals surface area contributed by atoms with E-state index in [9.17, 15) is 9.18 Å². The van der Waals surface area contributed by atoms with Gasteiger partial charge in [-0.25, -0.2) is 19.2 Å². The number of hydrogen-bond donors (Lipinski definition) is 0. The van der Waals surface area contributed by atoms with E-state index in [1.54, 1.807) is 0 Å². The molecule has 1 fully saturated rings. The van der Waals surface area contributed by atoms with Gasteiger partial charge in [-0.1, -0.05) is 83.2 Å². The lowest BCUT2D eigenvalue weighted by atomic mass is 9.88. The molecule has 0 radical (unpaired) electrons. The molecule has 0 unspecified atom stereocenters. The number of esters is 1. The summed E-state index contributed by atoms with van der Waals surface area (Å²) in [6.45, 7) is 4.78. The number of aryl methyl sites for hydroxylation is 1. The second-order valence-electron chi connectivity index (χ2n) is 11.3. The van der Waals surface area contributed by atoms with Gasteiger partial charge in [0.2, 0.25) is 0 Å². The summed E-state index contributed by atoms with van der Waals surface area (Å²) in [6, 6.07) is 5.67. The van der Waals surface area contributed by atoms with E-state index in [1.165, 1.54) is 56.9 Å². The molecular weight excluding hydrogens is 527 g/mol. The molecule has 0 spiro atoms. The lowest BCUT2D eigenvalue weighted by Gasteiger charge is -2.28. The van der Waals surface area contributed by atoms with Gasteiger partial charge in [0.25, 0.3) is 0 Å². The Balaban J connectivity index is 1.37. The number of rotatable bonds is 18. The van der Waals surface area contributed by atoms with Gasteiger partial charge in [-0.2, -0.15) is 0 Å². The van der Waals surface area contributed by atoms with E-state index in [2.05, 4.69) is 16.9 Å². The van der Waals surface area contributed by atoms with Gasteiger partial charge in [-0.05, 0) is 74.6 Å². The fraction of sp³-hybridized carbons (Fsp3) is 0.667. The van der Waals surface area contributed by atoms with Crippen molar-refractivity contribution in [3.8, 4) is 17.1 Å². The van der Waals surface area contributed by atoms with Crippen LogP contribution in [0.25, 0.3) is 11.4 Å². The normalized spacial score (nSPS) is 17.9. The molecule has 0 aliphatic heterocycles. The van der Waals surface area contributed by atoms with Gasteiger partial charge in [-0.15, -0.1) is 0 Å². The summed E-state index contributed by atoms with van der Waals surface area (Å²) < 4.78 is 25.3. The molecule has 1 saturated carbocycles. The number of unbranched alkanes of at least 4 members (excludes halogenated alkanes) is 8. The number of benzene rings is 1. The van der Waals surface area contributed by atoms with Gasteiger partial charge in [0.1, 0.15) is 11.9 Å². The Hall–Kier alpha value is -2.21. The van der Waals surface area contributed by atoms with Crippen molar-refractivity contribution < 1.29 is 18.7 Å². The van der Waals surface area contributed by atoms with Crippen molar-refractivity contribution in [1.82, 2.24) is 9.97 Å². The summed E-state index contributed by atoms with van der Waals surface area (Å²) in [6.07, 6.45) is 18.7. The molecule has 7 heteroatoms. The van der Waals surface area contributed by atoms with Crippen molar-refractivity contribution in [2.45, 2.75) is 129 Å². The monoisotopic (exact) mass is 574 g/mol. The predicted molar refractivity (Wildman–Crippen MR) is 161 cm³/mol. The van der Waals surface area contributed by atoms with Gasteiger partial charge in [-0.3, -0.25) is 0 Å². The summed E-state index contributed by atoms with van der Waals surface area (Å²) in [5.74, 6) is 0.943. The zero-order valence-electron chi connectivity index (χ0n) is 24.5. The van der Waals surface area contributed by atoms with Gasteiger partial charge in [0.05, 0.1) is 11.6 Å². The summed E-state index contributed by atoms with van der Waals surface area (Å²) in [7, 11) is 0. The Morgan fingerprint density at radius 1 is 0.950 bits per heavy atom. The molecule has 1 aromatic heterocycles. The molecule has 2 aromatic rings. The van der Waals surface area contributed by atoms with E-state index >= 15 is 0 Å². The molecule has 0 N–H and O–H groups in total. The quantitative estimate of drug-likeness (QED) is 0.131. The molecule has 1 aliphatic carbocycles. The number of carbonyl (C=O) groups excluding carboxylic acids is 1. The highest BCUT2D eigenvalue weighted by Gasteiger charge is 2.27. The van der Waals surface area contributed by atoms with Crippen LogP contribution in [-0.4, -0.2) is 34.8 Å². The summed E-state index contributed by atoms with van der Waals surface area (Å²) in [5.41, 5.74) is 2.04. The number of ether oxygens (including phenoxy) is 2. The number of halogens is 2. The first kappa shape index (κ1) is 32.3. The largest absolute Gasteiger partial charge is 0.492 e. The van der Waals surface area contributed by atoms with Gasteiger partial charge in [0, 0.05) is 18.0 Å². The van der Waals surface area contributed by atoms with E-state index < -0.39 is 12.1 Å². The van der Waals surface area contributed by atoms with E-state index in [1.807, 2.05) is 37.5 Å². The van der Waals surface area contributed by atoms with E-state index in [-0.39, 0.29) is 12.5 Å². The first-order valence-electron chi connectivity index (χ1n) is 15.6. The van der Waals surface area contributed by atoms with Crippen molar-refractivity contribution >= 4 is 17.6 Å². The minimum atomic E-state index is -1.51. The zero-order chi connectivity index (χ0) is 28.6. The number of carbonyl (C=O) groups is 1. The van der Waals surface area contributed by atoms with Crippen LogP contribution < -0.4 is 4.74 Å². The second-order valence-corrected chi connectivity index (χ2v) is 11.7. The third-order valence-corrected chi connectivity index (χ3v) is 8.13. The summed E-state index contributed by atoms with van der Waals surface area (Å²) in [4.78, 5) is 21.1. The first-order valence-corrected chi connectivity index (χ1v) is 16.0. The maximum absolute atomic E-state index is 13.9. The molecule has 40 heavy (non-hydrogen) atoms. The minimum Gasteiger partial charge on any atom is -0.492 e. The number of nitrogens with zero attached hydrogens (tertiary/aromatic N) is 2. The fourth-order valence-corrected chi connectivity index (χ4v) is 5.45.